The highest BCUT2D eigenvalue weighted by Crippen LogP contribution is 2.31. The molecule has 176 valence electrons. The Kier molecular flexibility index (Phi) is 6.37. The van der Waals surface area contributed by atoms with Crippen LogP contribution in [-0.2, 0) is 9.59 Å². The van der Waals surface area contributed by atoms with Crippen molar-refractivity contribution in [2.24, 2.45) is 0 Å². The molecule has 4 amide bonds. The van der Waals surface area contributed by atoms with E-state index in [0.717, 1.165) is 32.7 Å². The van der Waals surface area contributed by atoms with Gasteiger partial charge in [-0.1, -0.05) is 37.3 Å². The molecule has 8 heteroatoms. The lowest BCUT2D eigenvalue weighted by atomic mass is 10.0. The van der Waals surface area contributed by atoms with Crippen molar-refractivity contribution in [3.8, 4) is 0 Å². The molecule has 0 radical (unpaired) electrons. The van der Waals surface area contributed by atoms with Crippen LogP contribution < -0.4 is 4.90 Å². The molecule has 1 aliphatic heterocycles. The third-order valence-corrected chi connectivity index (χ3v) is 6.23. The van der Waals surface area contributed by atoms with E-state index >= 15 is 0 Å². The lowest BCUT2D eigenvalue weighted by Crippen LogP contribution is -2.56. The van der Waals surface area contributed by atoms with E-state index in [0.29, 0.717) is 0 Å². The molecular formula is C26H27N3O5. The summed E-state index contributed by atoms with van der Waals surface area (Å²) in [6.45, 7) is 5.96. The summed E-state index contributed by atoms with van der Waals surface area (Å²) in [6, 6.07) is 13.0. The van der Waals surface area contributed by atoms with E-state index in [2.05, 4.69) is 18.4 Å². The minimum absolute atomic E-state index is 0.0981. The highest BCUT2D eigenvalue weighted by atomic mass is 16.5. The predicted octanol–water partition coefficient (Wildman–Crippen LogP) is 3.99. The summed E-state index contributed by atoms with van der Waals surface area (Å²) in [5.41, 5.74) is 2.06. The molecule has 8 nitrogen and oxygen atoms in total. The van der Waals surface area contributed by atoms with E-state index in [-0.39, 0.29) is 29.4 Å². The molecule has 3 aromatic rings. The molecule has 0 spiro atoms. The number of nitrogens with zero attached hydrogens (tertiary/aromatic N) is 3. The number of aliphatic hydroxyl groups is 2. The number of hydrogen-bond donors (Lipinski definition) is 2. The van der Waals surface area contributed by atoms with Crippen molar-refractivity contribution in [2.75, 3.05) is 11.4 Å². The average molecular weight is 462 g/mol. The number of fused-ring (bicyclic) bond motifs is 1. The first-order valence-electron chi connectivity index (χ1n) is 11.3. The molecule has 4 rings (SSSR count). The number of para-hydroxylation sites is 1. The molecule has 2 N–H and O–H groups in total. The number of hydrogen-bond acceptors (Lipinski definition) is 5. The monoisotopic (exact) mass is 461 g/mol. The zero-order chi connectivity index (χ0) is 24.6. The van der Waals surface area contributed by atoms with Gasteiger partial charge in [0.1, 0.15) is 5.57 Å². The molecule has 1 aliphatic rings. The minimum Gasteiger partial charge on any atom is -0.364 e. The van der Waals surface area contributed by atoms with Crippen LogP contribution in [0, 0.1) is 0 Å². The van der Waals surface area contributed by atoms with Crippen LogP contribution in [0.4, 0.5) is 10.5 Å². The predicted molar refractivity (Wildman–Crippen MR) is 129 cm³/mol. The number of anilines is 1. The summed E-state index contributed by atoms with van der Waals surface area (Å²) >= 11 is 0. The van der Waals surface area contributed by atoms with Gasteiger partial charge < -0.3 is 14.8 Å². The van der Waals surface area contributed by atoms with Crippen molar-refractivity contribution in [1.29, 1.82) is 0 Å². The fraction of sp³-hybridized carbons (Fsp3) is 0.269. The van der Waals surface area contributed by atoms with Crippen LogP contribution in [0.3, 0.4) is 0 Å². The number of imide groups is 2. The van der Waals surface area contributed by atoms with E-state index in [1.807, 2.05) is 30.5 Å². The topological polar surface area (TPSA) is 103 Å². The lowest BCUT2D eigenvalue weighted by molar-refractivity contribution is -0.128. The Morgan fingerprint density at radius 3 is 2.24 bits per heavy atom. The van der Waals surface area contributed by atoms with Crippen LogP contribution in [-0.4, -0.2) is 44.1 Å². The minimum atomic E-state index is -1.67. The third-order valence-electron chi connectivity index (χ3n) is 6.23. The fourth-order valence-electron chi connectivity index (χ4n) is 4.14. The van der Waals surface area contributed by atoms with Gasteiger partial charge in [-0.25, -0.2) is 9.69 Å². The molecule has 2 heterocycles. The first-order valence-corrected chi connectivity index (χ1v) is 11.3. The Morgan fingerprint density at radius 1 is 0.941 bits per heavy atom. The molecule has 0 saturated carbocycles. The normalized spacial score (nSPS) is 16.9. The van der Waals surface area contributed by atoms with Gasteiger partial charge in [-0.05, 0) is 44.5 Å². The molecule has 1 saturated heterocycles. The quantitative estimate of drug-likeness (QED) is 0.328. The molecular weight excluding hydrogens is 434 g/mol. The fourth-order valence-corrected chi connectivity index (χ4v) is 4.14. The Bertz CT molecular complexity index is 1290. The van der Waals surface area contributed by atoms with E-state index in [1.165, 1.54) is 24.3 Å². The standard InChI is InChI=1S/C26H27N3O5/c1-4-16(3)28-15-18(20-8-6-7-9-22(20)28)14-21-23(30)27(5-2)26(34)29(24(21)31)19-12-10-17(11-13-19)25(32)33/h6-16,25,32-33H,4-5H2,1-3H3/b21-14+. The van der Waals surface area contributed by atoms with Gasteiger partial charge in [0, 0.05) is 40.8 Å². The molecule has 1 fully saturated rings. The Labute approximate surface area is 197 Å². The maximum Gasteiger partial charge on any atom is 0.338 e. The average Bonchev–Trinajstić information content (AvgIpc) is 3.20. The number of urea groups is 1. The van der Waals surface area contributed by atoms with E-state index in [4.69, 9.17) is 0 Å². The first kappa shape index (κ1) is 23.4. The Balaban J connectivity index is 1.83. The molecule has 34 heavy (non-hydrogen) atoms. The second kappa shape index (κ2) is 9.24. The molecule has 1 aromatic heterocycles. The maximum atomic E-state index is 13.4. The highest BCUT2D eigenvalue weighted by Gasteiger charge is 2.42. The number of aromatic nitrogens is 1. The zero-order valence-corrected chi connectivity index (χ0v) is 19.3. The van der Waals surface area contributed by atoms with Gasteiger partial charge in [0.15, 0.2) is 6.29 Å². The first-order chi connectivity index (χ1) is 16.3. The smallest absolute Gasteiger partial charge is 0.338 e. The van der Waals surface area contributed by atoms with Crippen molar-refractivity contribution < 1.29 is 24.6 Å². The summed E-state index contributed by atoms with van der Waals surface area (Å²) in [4.78, 5) is 41.6. The van der Waals surface area contributed by atoms with E-state index in [1.54, 1.807) is 13.0 Å². The van der Waals surface area contributed by atoms with Gasteiger partial charge in [0.25, 0.3) is 11.8 Å². The number of barbiturate groups is 1. The highest BCUT2D eigenvalue weighted by molar-refractivity contribution is 6.39. The van der Waals surface area contributed by atoms with Crippen molar-refractivity contribution >= 4 is 40.5 Å². The van der Waals surface area contributed by atoms with Crippen LogP contribution in [0.5, 0.6) is 0 Å². The number of amides is 4. The lowest BCUT2D eigenvalue weighted by Gasteiger charge is -2.33. The number of aliphatic hydroxyl groups excluding tert-OH is 1. The Hall–Kier alpha value is -3.75. The van der Waals surface area contributed by atoms with Crippen LogP contribution in [0.15, 0.2) is 60.3 Å². The number of rotatable bonds is 6. The summed E-state index contributed by atoms with van der Waals surface area (Å²) in [5, 5.41) is 19.6. The van der Waals surface area contributed by atoms with Crippen molar-refractivity contribution in [3.05, 3.63) is 71.4 Å². The largest absolute Gasteiger partial charge is 0.364 e. The summed E-state index contributed by atoms with van der Waals surface area (Å²) < 4.78 is 2.12. The second-order valence-corrected chi connectivity index (χ2v) is 8.26. The summed E-state index contributed by atoms with van der Waals surface area (Å²) in [5.74, 6) is -1.37. The molecule has 0 aliphatic carbocycles. The molecule has 0 bridgehead atoms. The van der Waals surface area contributed by atoms with Crippen LogP contribution >= 0.6 is 0 Å². The van der Waals surface area contributed by atoms with Crippen LogP contribution in [0.25, 0.3) is 17.0 Å². The van der Waals surface area contributed by atoms with Crippen molar-refractivity contribution in [1.82, 2.24) is 9.47 Å². The second-order valence-electron chi connectivity index (χ2n) is 8.26. The summed E-state index contributed by atoms with van der Waals surface area (Å²) in [6.07, 6.45) is 2.73. The van der Waals surface area contributed by atoms with Gasteiger partial charge in [-0.2, -0.15) is 0 Å². The van der Waals surface area contributed by atoms with Gasteiger partial charge in [-0.3, -0.25) is 14.5 Å². The van der Waals surface area contributed by atoms with Gasteiger partial charge >= 0.3 is 6.03 Å². The van der Waals surface area contributed by atoms with E-state index in [9.17, 15) is 24.6 Å². The molecule has 2 aromatic carbocycles. The number of carbonyl (C=O) groups excluding carboxylic acids is 3. The van der Waals surface area contributed by atoms with Gasteiger partial charge in [0.05, 0.1) is 5.69 Å². The number of likely N-dealkylation sites (N-methyl/N-ethyl adjacent to an activating group) is 1. The van der Waals surface area contributed by atoms with E-state index < -0.39 is 24.1 Å². The molecule has 1 atom stereocenters. The SMILES string of the molecule is CCC(C)n1cc(/C=C2\C(=O)N(CC)C(=O)N(c3ccc(C(O)O)cc3)C2=O)c2ccccc21. The maximum absolute atomic E-state index is 13.4. The Morgan fingerprint density at radius 2 is 1.62 bits per heavy atom. The summed E-state index contributed by atoms with van der Waals surface area (Å²) in [7, 11) is 0. The molecule has 1 unspecified atom stereocenters. The number of benzene rings is 2. The van der Waals surface area contributed by atoms with Crippen LogP contribution in [0.2, 0.25) is 0 Å². The zero-order valence-electron chi connectivity index (χ0n) is 19.3. The van der Waals surface area contributed by atoms with Gasteiger partial charge in [0.2, 0.25) is 0 Å². The van der Waals surface area contributed by atoms with Crippen LogP contribution in [0.1, 0.15) is 50.7 Å². The number of carbonyl (C=O) groups is 3. The van der Waals surface area contributed by atoms with Crippen molar-refractivity contribution in [3.63, 3.8) is 0 Å². The van der Waals surface area contributed by atoms with Crippen molar-refractivity contribution in [2.45, 2.75) is 39.5 Å². The van der Waals surface area contributed by atoms with Gasteiger partial charge in [-0.15, -0.1) is 0 Å². The third kappa shape index (κ3) is 3.91.